The molecule has 0 aliphatic heterocycles. The number of amides is 1. The van der Waals surface area contributed by atoms with Crippen LogP contribution in [0.2, 0.25) is 5.02 Å². The molecule has 0 fully saturated rings. The van der Waals surface area contributed by atoms with Crippen LogP contribution in [0.25, 0.3) is 0 Å². The van der Waals surface area contributed by atoms with Gasteiger partial charge in [0, 0.05) is 16.3 Å². The molecule has 0 atom stereocenters. The number of carbonyl (C=O) groups excluding carboxylic acids is 1. The van der Waals surface area contributed by atoms with Crippen LogP contribution in [-0.2, 0) is 17.6 Å². The first kappa shape index (κ1) is 23.1. The molecule has 3 aromatic rings. The largest absolute Gasteiger partial charge is 0.488 e. The highest BCUT2D eigenvalue weighted by atomic mass is 35.5. The van der Waals surface area contributed by atoms with Crippen LogP contribution in [-0.4, -0.2) is 18.7 Å². The van der Waals surface area contributed by atoms with Gasteiger partial charge in [0.15, 0.2) is 0 Å². The molecule has 0 radical (unpaired) electrons. The summed E-state index contributed by atoms with van der Waals surface area (Å²) in [5.41, 5.74) is 3.30. The third-order valence-corrected chi connectivity index (χ3v) is 4.51. The molecule has 0 saturated heterocycles. The molecule has 0 aliphatic carbocycles. The maximum absolute atomic E-state index is 12.8. The summed E-state index contributed by atoms with van der Waals surface area (Å²) in [5, 5.41) is 7.17. The Morgan fingerprint density at radius 1 is 1.03 bits per heavy atom. The fraction of sp³-hybridized carbons (Fsp3) is 0.130. The summed E-state index contributed by atoms with van der Waals surface area (Å²) in [6.45, 7) is 0.0860. The second-order valence-corrected chi connectivity index (χ2v) is 7.11. The lowest BCUT2D eigenvalue weighted by Gasteiger charge is -2.10. The zero-order chi connectivity index (χ0) is 23.0. The fourth-order valence-corrected chi connectivity index (χ4v) is 2.79. The van der Waals surface area contributed by atoms with Gasteiger partial charge in [0.2, 0.25) is 0 Å². The second kappa shape index (κ2) is 10.7. The minimum atomic E-state index is -4.45. The highest BCUT2D eigenvalue weighted by Crippen LogP contribution is 2.30. The summed E-state index contributed by atoms with van der Waals surface area (Å²) in [4.78, 5) is 12.0. The van der Waals surface area contributed by atoms with E-state index in [0.717, 1.165) is 17.7 Å². The molecule has 0 saturated carbocycles. The minimum Gasteiger partial charge on any atom is -0.488 e. The van der Waals surface area contributed by atoms with Gasteiger partial charge < -0.3 is 10.1 Å². The number of nitrogens with zero attached hydrogens (tertiary/aromatic N) is 1. The highest BCUT2D eigenvalue weighted by Gasteiger charge is 2.30. The molecule has 3 rings (SSSR count). The van der Waals surface area contributed by atoms with E-state index >= 15 is 0 Å². The van der Waals surface area contributed by atoms with Crippen LogP contribution in [0.4, 0.5) is 18.9 Å². The summed E-state index contributed by atoms with van der Waals surface area (Å²) in [7, 11) is 0. The number of para-hydroxylation sites is 1. The number of hydrogen-bond acceptors (Lipinski definition) is 4. The smallest absolute Gasteiger partial charge is 0.416 e. The zero-order valence-corrected chi connectivity index (χ0v) is 17.5. The van der Waals surface area contributed by atoms with E-state index in [-0.39, 0.29) is 12.2 Å². The predicted molar refractivity (Wildman–Crippen MR) is 118 cm³/mol. The third kappa shape index (κ3) is 7.02. The molecule has 0 aliphatic rings. The minimum absolute atomic E-state index is 0.180. The Hall–Kier alpha value is -3.52. The first-order valence-electron chi connectivity index (χ1n) is 9.50. The number of alkyl halides is 3. The van der Waals surface area contributed by atoms with Gasteiger partial charge in [-0.1, -0.05) is 41.9 Å². The summed E-state index contributed by atoms with van der Waals surface area (Å²) < 4.78 is 44.1. The molecule has 1 amide bonds. The third-order valence-electron chi connectivity index (χ3n) is 4.26. The summed E-state index contributed by atoms with van der Waals surface area (Å²) in [6.07, 6.45) is -3.02. The second-order valence-electron chi connectivity index (χ2n) is 6.68. The van der Waals surface area contributed by atoms with Crippen molar-refractivity contribution < 1.29 is 22.7 Å². The lowest BCUT2D eigenvalue weighted by molar-refractivity contribution is -0.137. The van der Waals surface area contributed by atoms with Crippen LogP contribution in [0.3, 0.4) is 0 Å². The normalized spacial score (nSPS) is 11.4. The van der Waals surface area contributed by atoms with Crippen molar-refractivity contribution in [2.24, 2.45) is 5.10 Å². The Kier molecular flexibility index (Phi) is 7.72. The Morgan fingerprint density at radius 2 is 1.78 bits per heavy atom. The van der Waals surface area contributed by atoms with Gasteiger partial charge >= 0.3 is 6.18 Å². The molecular formula is C23H19ClF3N3O2. The lowest BCUT2D eigenvalue weighted by atomic mass is 10.2. The Balaban J connectivity index is 1.52. The van der Waals surface area contributed by atoms with Crippen molar-refractivity contribution in [1.29, 1.82) is 0 Å². The number of carbonyl (C=O) groups is 1. The van der Waals surface area contributed by atoms with E-state index in [4.69, 9.17) is 16.3 Å². The van der Waals surface area contributed by atoms with Crippen LogP contribution in [0.5, 0.6) is 5.75 Å². The van der Waals surface area contributed by atoms with E-state index in [9.17, 15) is 18.0 Å². The maximum atomic E-state index is 12.8. The number of hydrazone groups is 1. The number of rotatable bonds is 8. The summed E-state index contributed by atoms with van der Waals surface area (Å²) in [6, 6.07) is 19.0. The van der Waals surface area contributed by atoms with Gasteiger partial charge in [-0.25, -0.2) is 5.43 Å². The molecule has 0 heterocycles. The van der Waals surface area contributed by atoms with Gasteiger partial charge in [-0.2, -0.15) is 18.3 Å². The number of halogens is 4. The summed E-state index contributed by atoms with van der Waals surface area (Å²) >= 11 is 5.88. The molecule has 0 unspecified atom stereocenters. The van der Waals surface area contributed by atoms with Gasteiger partial charge in [-0.3, -0.25) is 4.79 Å². The summed E-state index contributed by atoms with van der Waals surface area (Å²) in [5.74, 6) is 0.0563. The molecule has 2 N–H and O–H groups in total. The van der Waals surface area contributed by atoms with Crippen molar-refractivity contribution in [3.05, 3.63) is 94.5 Å². The van der Waals surface area contributed by atoms with E-state index in [1.54, 1.807) is 30.3 Å². The molecule has 0 bridgehead atoms. The molecule has 166 valence electrons. The van der Waals surface area contributed by atoms with Gasteiger partial charge in [0.1, 0.15) is 12.4 Å². The van der Waals surface area contributed by atoms with Gasteiger partial charge in [0.05, 0.1) is 18.3 Å². The standard InChI is InChI=1S/C23H19ClF3N3O2/c24-19-10-8-16(9-11-19)15-32-21-7-2-1-4-17(21)13-29-30-22(31)14-28-20-6-3-5-18(12-20)23(25,26)27/h1-13,28H,14-15H2,(H,30,31)/b29-13-. The monoisotopic (exact) mass is 461 g/mol. The number of hydrogen-bond donors (Lipinski definition) is 2. The number of nitrogens with one attached hydrogen (secondary N) is 2. The van der Waals surface area contributed by atoms with E-state index in [1.165, 1.54) is 18.3 Å². The van der Waals surface area contributed by atoms with Crippen LogP contribution < -0.4 is 15.5 Å². The SMILES string of the molecule is O=C(CNc1cccc(C(F)(F)F)c1)N/N=C\c1ccccc1OCc1ccc(Cl)cc1. The van der Waals surface area contributed by atoms with Gasteiger partial charge in [0.25, 0.3) is 5.91 Å². The molecule has 3 aromatic carbocycles. The van der Waals surface area contributed by atoms with Crippen molar-refractivity contribution in [2.45, 2.75) is 12.8 Å². The first-order chi connectivity index (χ1) is 15.3. The van der Waals surface area contributed by atoms with Crippen molar-refractivity contribution in [3.8, 4) is 5.75 Å². The number of benzene rings is 3. The predicted octanol–water partition coefficient (Wildman–Crippen LogP) is 5.50. The fourth-order valence-electron chi connectivity index (χ4n) is 2.66. The van der Waals surface area contributed by atoms with Crippen molar-refractivity contribution >= 4 is 29.4 Å². The maximum Gasteiger partial charge on any atom is 0.416 e. The first-order valence-corrected chi connectivity index (χ1v) is 9.88. The molecular weight excluding hydrogens is 443 g/mol. The topological polar surface area (TPSA) is 62.7 Å². The molecule has 5 nitrogen and oxygen atoms in total. The quantitative estimate of drug-likeness (QED) is 0.344. The van der Waals surface area contributed by atoms with Crippen LogP contribution >= 0.6 is 11.6 Å². The number of anilines is 1. The van der Waals surface area contributed by atoms with Crippen LogP contribution in [0.1, 0.15) is 16.7 Å². The average Bonchev–Trinajstić information content (AvgIpc) is 2.78. The number of ether oxygens (including phenoxy) is 1. The highest BCUT2D eigenvalue weighted by molar-refractivity contribution is 6.30. The van der Waals surface area contributed by atoms with Crippen molar-refractivity contribution in [1.82, 2.24) is 5.43 Å². The lowest BCUT2D eigenvalue weighted by Crippen LogP contribution is -2.26. The van der Waals surface area contributed by atoms with E-state index < -0.39 is 17.6 Å². The Labute approximate surface area is 187 Å². The van der Waals surface area contributed by atoms with Crippen molar-refractivity contribution in [3.63, 3.8) is 0 Å². The van der Waals surface area contributed by atoms with Gasteiger partial charge in [-0.05, 0) is 48.0 Å². The van der Waals surface area contributed by atoms with Crippen molar-refractivity contribution in [2.75, 3.05) is 11.9 Å². The van der Waals surface area contributed by atoms with E-state index in [2.05, 4.69) is 15.8 Å². The average molecular weight is 462 g/mol. The van der Waals surface area contributed by atoms with E-state index in [1.807, 2.05) is 18.2 Å². The van der Waals surface area contributed by atoms with Crippen LogP contribution in [0, 0.1) is 0 Å². The zero-order valence-electron chi connectivity index (χ0n) is 16.7. The van der Waals surface area contributed by atoms with Crippen LogP contribution in [0.15, 0.2) is 77.9 Å². The molecule has 0 spiro atoms. The van der Waals surface area contributed by atoms with Gasteiger partial charge in [-0.15, -0.1) is 0 Å². The molecule has 32 heavy (non-hydrogen) atoms. The Morgan fingerprint density at radius 3 is 2.53 bits per heavy atom. The van der Waals surface area contributed by atoms with E-state index in [0.29, 0.717) is 22.9 Å². The molecule has 0 aromatic heterocycles. The molecule has 9 heteroatoms. The Bertz CT molecular complexity index is 1090.